The van der Waals surface area contributed by atoms with Crippen molar-refractivity contribution in [2.75, 3.05) is 0 Å². The molecule has 0 unspecified atom stereocenters. The van der Waals surface area contributed by atoms with Crippen LogP contribution in [0, 0.1) is 0 Å². The fraction of sp³-hybridized carbons (Fsp3) is 0.200. The average Bonchev–Trinajstić information content (AvgIpc) is 2.17. The second-order valence-corrected chi connectivity index (χ2v) is 2.74. The highest BCUT2D eigenvalue weighted by atomic mass is 16.2. The first-order valence-electron chi connectivity index (χ1n) is 4.08. The molecule has 0 heterocycles. The molecule has 13 heavy (non-hydrogen) atoms. The van der Waals surface area contributed by atoms with Crippen molar-refractivity contribution in [3.05, 3.63) is 35.4 Å². The number of hydrogen-bond acceptors (Lipinski definition) is 2. The summed E-state index contributed by atoms with van der Waals surface area (Å²) in [5, 5.41) is 0. The van der Waals surface area contributed by atoms with E-state index < -0.39 is 11.7 Å². The lowest BCUT2D eigenvalue weighted by molar-refractivity contribution is -0.114. The van der Waals surface area contributed by atoms with Gasteiger partial charge in [0.15, 0.2) is 0 Å². The molecule has 1 aromatic carbocycles. The van der Waals surface area contributed by atoms with Gasteiger partial charge < -0.3 is 5.73 Å². The average molecular weight is 177 g/mol. The maximum absolute atomic E-state index is 11.1. The molecular formula is C10H11NO2. The van der Waals surface area contributed by atoms with Crippen molar-refractivity contribution >= 4 is 11.7 Å². The molecule has 0 aliphatic heterocycles. The number of nitrogens with two attached hydrogens (primary N) is 1. The molecule has 0 aromatic heterocycles. The number of Topliss-reactive ketones (excluding diaryl/α,β-unsaturated/α-hetero) is 1. The number of carbonyl (C=O) groups is 2. The molecule has 68 valence electrons. The topological polar surface area (TPSA) is 60.2 Å². The Hall–Kier alpha value is -1.64. The molecule has 1 amide bonds. The largest absolute Gasteiger partial charge is 0.363 e. The van der Waals surface area contributed by atoms with E-state index >= 15 is 0 Å². The van der Waals surface area contributed by atoms with Gasteiger partial charge in [-0.2, -0.15) is 0 Å². The first kappa shape index (κ1) is 9.45. The van der Waals surface area contributed by atoms with E-state index in [2.05, 4.69) is 0 Å². The van der Waals surface area contributed by atoms with Crippen LogP contribution >= 0.6 is 0 Å². The van der Waals surface area contributed by atoms with Gasteiger partial charge in [0.25, 0.3) is 5.91 Å². The number of amides is 1. The van der Waals surface area contributed by atoms with Gasteiger partial charge in [0.1, 0.15) is 0 Å². The molecule has 0 atom stereocenters. The number of rotatable bonds is 3. The second kappa shape index (κ2) is 3.85. The van der Waals surface area contributed by atoms with Crippen molar-refractivity contribution in [1.82, 2.24) is 0 Å². The van der Waals surface area contributed by atoms with Gasteiger partial charge in [-0.1, -0.05) is 31.2 Å². The zero-order valence-electron chi connectivity index (χ0n) is 7.41. The lowest BCUT2D eigenvalue weighted by atomic mass is 10.1. The van der Waals surface area contributed by atoms with Crippen LogP contribution in [0.5, 0.6) is 0 Å². The molecule has 0 saturated heterocycles. The van der Waals surface area contributed by atoms with Crippen LogP contribution in [0.25, 0.3) is 0 Å². The minimum atomic E-state index is -0.913. The van der Waals surface area contributed by atoms with E-state index in [0.29, 0.717) is 5.56 Å². The lowest BCUT2D eigenvalue weighted by Crippen LogP contribution is -2.22. The maximum Gasteiger partial charge on any atom is 0.289 e. The molecule has 0 aliphatic carbocycles. The van der Waals surface area contributed by atoms with Crippen LogP contribution in [0.15, 0.2) is 24.3 Å². The molecule has 0 saturated carbocycles. The van der Waals surface area contributed by atoms with E-state index in [1.54, 1.807) is 12.1 Å². The smallest absolute Gasteiger partial charge is 0.289 e. The summed E-state index contributed by atoms with van der Waals surface area (Å²) >= 11 is 0. The zero-order valence-corrected chi connectivity index (χ0v) is 7.41. The van der Waals surface area contributed by atoms with Gasteiger partial charge in [0, 0.05) is 5.56 Å². The highest BCUT2D eigenvalue weighted by Crippen LogP contribution is 2.05. The highest BCUT2D eigenvalue weighted by Gasteiger charge is 2.10. The standard InChI is InChI=1S/C10H11NO2/c1-2-7-3-5-8(6-4-7)9(12)10(11)13/h3-6H,2H2,1H3,(H2,11,13). The number of hydrogen-bond donors (Lipinski definition) is 1. The van der Waals surface area contributed by atoms with Gasteiger partial charge in [0.05, 0.1) is 0 Å². The Morgan fingerprint density at radius 1 is 1.23 bits per heavy atom. The fourth-order valence-corrected chi connectivity index (χ4v) is 1.03. The van der Waals surface area contributed by atoms with Crippen LogP contribution in [0.3, 0.4) is 0 Å². The SMILES string of the molecule is CCc1ccc(C(=O)C(N)=O)cc1. The Kier molecular flexibility index (Phi) is 2.80. The van der Waals surface area contributed by atoms with Gasteiger partial charge in [-0.25, -0.2) is 0 Å². The number of ketones is 1. The summed E-state index contributed by atoms with van der Waals surface area (Å²) in [6.45, 7) is 2.02. The van der Waals surface area contributed by atoms with Gasteiger partial charge in [-0.05, 0) is 12.0 Å². The molecule has 2 N–H and O–H groups in total. The summed E-state index contributed by atoms with van der Waals surface area (Å²) in [7, 11) is 0. The third kappa shape index (κ3) is 2.15. The van der Waals surface area contributed by atoms with Crippen molar-refractivity contribution in [3.63, 3.8) is 0 Å². The van der Waals surface area contributed by atoms with E-state index in [0.717, 1.165) is 12.0 Å². The first-order chi connectivity index (χ1) is 6.15. The molecule has 3 heteroatoms. The predicted octanol–water partition coefficient (Wildman–Crippen LogP) is 0.917. The third-order valence-electron chi connectivity index (χ3n) is 1.85. The molecule has 0 bridgehead atoms. The van der Waals surface area contributed by atoms with Crippen molar-refractivity contribution in [3.8, 4) is 0 Å². The zero-order chi connectivity index (χ0) is 9.84. The lowest BCUT2D eigenvalue weighted by Gasteiger charge is -1.98. The summed E-state index contributed by atoms with van der Waals surface area (Å²) in [6, 6.07) is 6.87. The van der Waals surface area contributed by atoms with Gasteiger partial charge >= 0.3 is 0 Å². The Labute approximate surface area is 76.6 Å². The molecule has 1 aromatic rings. The van der Waals surface area contributed by atoms with Gasteiger partial charge in [0.2, 0.25) is 5.78 Å². The molecule has 0 spiro atoms. The van der Waals surface area contributed by atoms with Crippen LogP contribution in [-0.4, -0.2) is 11.7 Å². The van der Waals surface area contributed by atoms with Crippen molar-refractivity contribution in [2.24, 2.45) is 5.73 Å². The van der Waals surface area contributed by atoms with Crippen LogP contribution < -0.4 is 5.73 Å². The van der Waals surface area contributed by atoms with Gasteiger partial charge in [-0.15, -0.1) is 0 Å². The first-order valence-corrected chi connectivity index (χ1v) is 4.08. The van der Waals surface area contributed by atoms with Crippen LogP contribution in [0.4, 0.5) is 0 Å². The normalized spacial score (nSPS) is 9.62. The molecule has 1 rings (SSSR count). The third-order valence-corrected chi connectivity index (χ3v) is 1.85. The highest BCUT2D eigenvalue weighted by molar-refractivity contribution is 6.42. The Morgan fingerprint density at radius 2 is 1.77 bits per heavy atom. The van der Waals surface area contributed by atoms with Crippen LogP contribution in [0.1, 0.15) is 22.8 Å². The summed E-state index contributed by atoms with van der Waals surface area (Å²) in [5.41, 5.74) is 6.33. The maximum atomic E-state index is 11.1. The molecular weight excluding hydrogens is 166 g/mol. The van der Waals surface area contributed by atoms with E-state index in [1.165, 1.54) is 0 Å². The Bertz CT molecular complexity index is 327. The number of carbonyl (C=O) groups excluding carboxylic acids is 2. The second-order valence-electron chi connectivity index (χ2n) is 2.74. The molecule has 3 nitrogen and oxygen atoms in total. The minimum absolute atomic E-state index is 0.352. The van der Waals surface area contributed by atoms with Crippen LogP contribution in [0.2, 0.25) is 0 Å². The summed E-state index contributed by atoms with van der Waals surface area (Å²) in [5.74, 6) is -1.55. The number of benzene rings is 1. The molecule has 0 fully saturated rings. The number of aryl methyl sites for hydroxylation is 1. The van der Waals surface area contributed by atoms with Crippen molar-refractivity contribution in [2.45, 2.75) is 13.3 Å². The van der Waals surface area contributed by atoms with E-state index in [9.17, 15) is 9.59 Å². The summed E-state index contributed by atoms with van der Waals surface area (Å²) in [4.78, 5) is 21.6. The van der Waals surface area contributed by atoms with E-state index in [-0.39, 0.29) is 0 Å². The summed E-state index contributed by atoms with van der Waals surface area (Å²) < 4.78 is 0. The van der Waals surface area contributed by atoms with E-state index in [1.807, 2.05) is 19.1 Å². The number of primary amides is 1. The minimum Gasteiger partial charge on any atom is -0.363 e. The fourth-order valence-electron chi connectivity index (χ4n) is 1.03. The Balaban J connectivity index is 2.92. The Morgan fingerprint density at radius 3 is 2.15 bits per heavy atom. The molecule has 0 aliphatic rings. The van der Waals surface area contributed by atoms with E-state index in [4.69, 9.17) is 5.73 Å². The van der Waals surface area contributed by atoms with Crippen LogP contribution in [-0.2, 0) is 11.2 Å². The van der Waals surface area contributed by atoms with Crippen molar-refractivity contribution in [1.29, 1.82) is 0 Å². The monoisotopic (exact) mass is 177 g/mol. The van der Waals surface area contributed by atoms with Crippen molar-refractivity contribution < 1.29 is 9.59 Å². The molecule has 0 radical (unpaired) electrons. The van der Waals surface area contributed by atoms with Gasteiger partial charge in [-0.3, -0.25) is 9.59 Å². The summed E-state index contributed by atoms with van der Waals surface area (Å²) in [6.07, 6.45) is 0.908. The predicted molar refractivity (Wildman–Crippen MR) is 49.3 cm³/mol. The quantitative estimate of drug-likeness (QED) is 0.551.